The topological polar surface area (TPSA) is 55.1 Å². The summed E-state index contributed by atoms with van der Waals surface area (Å²) in [6, 6.07) is 5.92. The molecule has 1 saturated carbocycles. The van der Waals surface area contributed by atoms with Crippen molar-refractivity contribution in [3.8, 4) is 0 Å². The average molecular weight is 232 g/mol. The van der Waals surface area contributed by atoms with E-state index in [1.807, 2.05) is 19.1 Å². The van der Waals surface area contributed by atoms with E-state index in [2.05, 4.69) is 12.2 Å². The van der Waals surface area contributed by atoms with Gasteiger partial charge in [0.25, 0.3) is 5.91 Å². The largest absolute Gasteiger partial charge is 0.398 e. The first-order valence-corrected chi connectivity index (χ1v) is 6.28. The Morgan fingerprint density at radius 1 is 1.53 bits per heavy atom. The first kappa shape index (κ1) is 12.0. The molecule has 3 nitrogen and oxygen atoms in total. The van der Waals surface area contributed by atoms with Crippen molar-refractivity contribution in [3.05, 3.63) is 29.3 Å². The van der Waals surface area contributed by atoms with Gasteiger partial charge in [0.05, 0.1) is 5.56 Å². The number of nitrogens with two attached hydrogens (primary N) is 1. The molecule has 0 saturated heterocycles. The summed E-state index contributed by atoms with van der Waals surface area (Å²) in [5, 5.41) is 3.05. The number of rotatable bonds is 4. The fraction of sp³-hybridized carbons (Fsp3) is 0.500. The minimum absolute atomic E-state index is 0.0326. The van der Waals surface area contributed by atoms with Crippen LogP contribution in [-0.4, -0.2) is 11.9 Å². The van der Waals surface area contributed by atoms with Crippen molar-refractivity contribution < 1.29 is 4.79 Å². The highest BCUT2D eigenvalue weighted by Gasteiger charge is 2.37. The second kappa shape index (κ2) is 4.78. The molecule has 1 aromatic carbocycles. The van der Waals surface area contributed by atoms with E-state index < -0.39 is 0 Å². The van der Waals surface area contributed by atoms with Crippen LogP contribution in [0.15, 0.2) is 18.2 Å². The molecule has 0 aromatic heterocycles. The van der Waals surface area contributed by atoms with Crippen molar-refractivity contribution in [1.82, 2.24) is 5.32 Å². The molecule has 3 N–H and O–H groups in total. The fourth-order valence-electron chi connectivity index (χ4n) is 2.23. The zero-order valence-electron chi connectivity index (χ0n) is 10.5. The standard InChI is InChI=1S/C14H20N2O/c1-3-4-10-8-13(10)16-14(17)11-7-9(2)5-6-12(11)15/h5-7,10,13H,3-4,8,15H2,1-2H3,(H,16,17). The van der Waals surface area contributed by atoms with Gasteiger partial charge in [0.2, 0.25) is 0 Å². The van der Waals surface area contributed by atoms with E-state index in [1.165, 1.54) is 12.8 Å². The number of amides is 1. The number of nitrogen functional groups attached to an aromatic ring is 1. The van der Waals surface area contributed by atoms with Crippen molar-refractivity contribution in [2.45, 2.75) is 39.2 Å². The molecule has 2 atom stereocenters. The van der Waals surface area contributed by atoms with Crippen LogP contribution in [0.3, 0.4) is 0 Å². The number of benzene rings is 1. The molecule has 1 amide bonds. The van der Waals surface area contributed by atoms with Crippen molar-refractivity contribution >= 4 is 11.6 Å². The lowest BCUT2D eigenvalue weighted by atomic mass is 10.1. The third-order valence-electron chi connectivity index (χ3n) is 3.35. The molecule has 92 valence electrons. The van der Waals surface area contributed by atoms with Gasteiger partial charge < -0.3 is 11.1 Å². The predicted molar refractivity (Wildman–Crippen MR) is 69.9 cm³/mol. The van der Waals surface area contributed by atoms with E-state index in [9.17, 15) is 4.79 Å². The van der Waals surface area contributed by atoms with Crippen molar-refractivity contribution in [3.63, 3.8) is 0 Å². The van der Waals surface area contributed by atoms with Crippen molar-refractivity contribution in [1.29, 1.82) is 0 Å². The van der Waals surface area contributed by atoms with Crippen LogP contribution in [0.1, 0.15) is 42.1 Å². The first-order valence-electron chi connectivity index (χ1n) is 6.28. The highest BCUT2D eigenvalue weighted by Crippen LogP contribution is 2.34. The number of hydrogen-bond acceptors (Lipinski definition) is 2. The van der Waals surface area contributed by atoms with Gasteiger partial charge in [-0.25, -0.2) is 0 Å². The van der Waals surface area contributed by atoms with Gasteiger partial charge in [-0.3, -0.25) is 4.79 Å². The highest BCUT2D eigenvalue weighted by molar-refractivity contribution is 5.99. The van der Waals surface area contributed by atoms with E-state index in [-0.39, 0.29) is 5.91 Å². The lowest BCUT2D eigenvalue weighted by Gasteiger charge is -2.08. The Bertz CT molecular complexity index is 428. The molecule has 17 heavy (non-hydrogen) atoms. The van der Waals surface area contributed by atoms with Crippen LogP contribution in [0.4, 0.5) is 5.69 Å². The Morgan fingerprint density at radius 3 is 3.00 bits per heavy atom. The molecule has 0 radical (unpaired) electrons. The number of hydrogen-bond donors (Lipinski definition) is 2. The van der Waals surface area contributed by atoms with E-state index in [4.69, 9.17) is 5.73 Å². The van der Waals surface area contributed by atoms with Crippen LogP contribution in [-0.2, 0) is 0 Å². The normalized spacial score (nSPS) is 22.2. The summed E-state index contributed by atoms with van der Waals surface area (Å²) in [7, 11) is 0. The quantitative estimate of drug-likeness (QED) is 0.784. The number of nitrogens with one attached hydrogen (secondary N) is 1. The Kier molecular flexibility index (Phi) is 3.36. The SMILES string of the molecule is CCCC1CC1NC(=O)c1cc(C)ccc1N. The highest BCUT2D eigenvalue weighted by atomic mass is 16.1. The van der Waals surface area contributed by atoms with Gasteiger partial charge in [-0.2, -0.15) is 0 Å². The van der Waals surface area contributed by atoms with Gasteiger partial charge in [-0.15, -0.1) is 0 Å². The summed E-state index contributed by atoms with van der Waals surface area (Å²) in [5.74, 6) is 0.643. The zero-order valence-corrected chi connectivity index (χ0v) is 10.5. The summed E-state index contributed by atoms with van der Waals surface area (Å²) in [5.41, 5.74) is 8.04. The maximum Gasteiger partial charge on any atom is 0.253 e. The Hall–Kier alpha value is -1.51. The van der Waals surface area contributed by atoms with Crippen LogP contribution < -0.4 is 11.1 Å². The molecule has 1 aliphatic carbocycles. The van der Waals surface area contributed by atoms with Crippen LogP contribution in [0, 0.1) is 12.8 Å². The van der Waals surface area contributed by atoms with Crippen LogP contribution in [0.2, 0.25) is 0 Å². The van der Waals surface area contributed by atoms with E-state index in [1.54, 1.807) is 6.07 Å². The summed E-state index contributed by atoms with van der Waals surface area (Å²) in [6.07, 6.45) is 3.50. The fourth-order valence-corrected chi connectivity index (χ4v) is 2.23. The first-order chi connectivity index (χ1) is 8.11. The Balaban J connectivity index is 1.98. The van der Waals surface area contributed by atoms with Crippen LogP contribution >= 0.6 is 0 Å². The summed E-state index contributed by atoms with van der Waals surface area (Å²) in [4.78, 5) is 12.0. The Morgan fingerprint density at radius 2 is 2.29 bits per heavy atom. The van der Waals surface area contributed by atoms with Crippen LogP contribution in [0.25, 0.3) is 0 Å². The summed E-state index contributed by atoms with van der Waals surface area (Å²) >= 11 is 0. The maximum absolute atomic E-state index is 12.0. The van der Waals surface area contributed by atoms with Gasteiger partial charge >= 0.3 is 0 Å². The van der Waals surface area contributed by atoms with E-state index in [0.717, 1.165) is 12.0 Å². The van der Waals surface area contributed by atoms with E-state index in [0.29, 0.717) is 23.2 Å². The number of carbonyl (C=O) groups is 1. The van der Waals surface area contributed by atoms with Gasteiger partial charge in [0, 0.05) is 11.7 Å². The van der Waals surface area contributed by atoms with Gasteiger partial charge in [0.15, 0.2) is 0 Å². The molecule has 0 spiro atoms. The van der Waals surface area contributed by atoms with Gasteiger partial charge in [-0.05, 0) is 37.8 Å². The summed E-state index contributed by atoms with van der Waals surface area (Å²) < 4.78 is 0. The molecule has 2 rings (SSSR count). The van der Waals surface area contributed by atoms with Crippen molar-refractivity contribution in [2.75, 3.05) is 5.73 Å². The number of anilines is 1. The molecule has 0 heterocycles. The maximum atomic E-state index is 12.0. The molecular formula is C14H20N2O. The second-order valence-electron chi connectivity index (χ2n) is 4.96. The number of carbonyl (C=O) groups excluding carboxylic acids is 1. The molecule has 2 unspecified atom stereocenters. The van der Waals surface area contributed by atoms with E-state index >= 15 is 0 Å². The Labute approximate surface area is 102 Å². The molecule has 1 aromatic rings. The molecule has 1 aliphatic rings. The average Bonchev–Trinajstić information content (AvgIpc) is 3.00. The van der Waals surface area contributed by atoms with Gasteiger partial charge in [0.1, 0.15) is 0 Å². The molecule has 0 aliphatic heterocycles. The second-order valence-corrected chi connectivity index (χ2v) is 4.96. The summed E-state index contributed by atoms with van der Waals surface area (Å²) in [6.45, 7) is 4.14. The molecule has 1 fully saturated rings. The monoisotopic (exact) mass is 232 g/mol. The molecule has 3 heteroatoms. The molecule has 0 bridgehead atoms. The predicted octanol–water partition coefficient (Wildman–Crippen LogP) is 2.50. The third-order valence-corrected chi connectivity index (χ3v) is 3.35. The van der Waals surface area contributed by atoms with Gasteiger partial charge in [-0.1, -0.05) is 25.0 Å². The smallest absolute Gasteiger partial charge is 0.253 e. The third kappa shape index (κ3) is 2.78. The zero-order chi connectivity index (χ0) is 12.4. The van der Waals surface area contributed by atoms with Crippen LogP contribution in [0.5, 0.6) is 0 Å². The minimum atomic E-state index is -0.0326. The lowest BCUT2D eigenvalue weighted by Crippen LogP contribution is -2.27. The molecular weight excluding hydrogens is 212 g/mol. The minimum Gasteiger partial charge on any atom is -0.398 e. The van der Waals surface area contributed by atoms with Crippen molar-refractivity contribution in [2.24, 2.45) is 5.92 Å². The number of aryl methyl sites for hydroxylation is 1. The lowest BCUT2D eigenvalue weighted by molar-refractivity contribution is 0.0949.